The summed E-state index contributed by atoms with van der Waals surface area (Å²) in [5.41, 5.74) is -0.0980. The average molecular weight is 222 g/mol. The van der Waals surface area contributed by atoms with Crippen LogP contribution in [-0.4, -0.2) is 26.0 Å². The molecule has 2 rings (SSSR count). The quantitative estimate of drug-likeness (QED) is 0.770. The Balaban J connectivity index is 2.07. The van der Waals surface area contributed by atoms with Gasteiger partial charge >= 0.3 is 0 Å². The van der Waals surface area contributed by atoms with Crippen LogP contribution >= 0.6 is 0 Å². The number of hydrogen-bond donors (Lipinski definition) is 0. The van der Waals surface area contributed by atoms with E-state index in [-0.39, 0.29) is 5.41 Å². The van der Waals surface area contributed by atoms with Gasteiger partial charge in [-0.15, -0.1) is 10.2 Å². The fraction of sp³-hybridized carbons (Fsp3) is 0.818. The molecule has 0 aliphatic heterocycles. The van der Waals surface area contributed by atoms with Gasteiger partial charge in [-0.2, -0.15) is 4.80 Å². The van der Waals surface area contributed by atoms with Crippen molar-refractivity contribution < 1.29 is 4.79 Å². The van der Waals surface area contributed by atoms with E-state index in [2.05, 4.69) is 22.3 Å². The summed E-state index contributed by atoms with van der Waals surface area (Å²) in [5, 5.41) is 11.7. The first kappa shape index (κ1) is 11.2. The third-order valence-electron chi connectivity index (χ3n) is 3.70. The molecular formula is C11H18N4O. The van der Waals surface area contributed by atoms with Gasteiger partial charge in [0.05, 0.1) is 13.5 Å². The summed E-state index contributed by atoms with van der Waals surface area (Å²) >= 11 is 0. The number of carbonyl (C=O) groups excluding carboxylic acids is 1. The number of hydrogen-bond acceptors (Lipinski definition) is 4. The molecule has 0 aromatic carbocycles. The van der Waals surface area contributed by atoms with Crippen molar-refractivity contribution in [2.24, 2.45) is 12.5 Å². The number of rotatable bonds is 4. The zero-order chi connectivity index (χ0) is 11.6. The highest BCUT2D eigenvalue weighted by atomic mass is 16.1. The van der Waals surface area contributed by atoms with Crippen LogP contribution in [0.1, 0.15) is 44.9 Å². The maximum Gasteiger partial charge on any atom is 0.182 e. The van der Waals surface area contributed by atoms with Crippen LogP contribution in [0.5, 0.6) is 0 Å². The summed E-state index contributed by atoms with van der Waals surface area (Å²) < 4.78 is 0. The van der Waals surface area contributed by atoms with Gasteiger partial charge in [0.2, 0.25) is 0 Å². The first-order chi connectivity index (χ1) is 7.66. The smallest absolute Gasteiger partial charge is 0.182 e. The molecule has 0 saturated heterocycles. The van der Waals surface area contributed by atoms with Crippen LogP contribution in [0.25, 0.3) is 0 Å². The molecule has 0 amide bonds. The Labute approximate surface area is 95.2 Å². The van der Waals surface area contributed by atoms with Crippen LogP contribution in [0.2, 0.25) is 0 Å². The van der Waals surface area contributed by atoms with Gasteiger partial charge in [0.1, 0.15) is 5.78 Å². The van der Waals surface area contributed by atoms with E-state index in [4.69, 9.17) is 0 Å². The summed E-state index contributed by atoms with van der Waals surface area (Å²) in [6.07, 6.45) is 5.68. The second kappa shape index (κ2) is 4.31. The molecule has 0 unspecified atom stereocenters. The number of ketones is 1. The van der Waals surface area contributed by atoms with Crippen molar-refractivity contribution in [1.29, 1.82) is 0 Å². The molecule has 0 bridgehead atoms. The monoisotopic (exact) mass is 222 g/mol. The molecule has 1 aromatic heterocycles. The molecule has 0 radical (unpaired) electrons. The minimum absolute atomic E-state index is 0.0980. The van der Waals surface area contributed by atoms with E-state index in [0.29, 0.717) is 18.0 Å². The van der Waals surface area contributed by atoms with Gasteiger partial charge in [-0.1, -0.05) is 19.8 Å². The Morgan fingerprint density at radius 1 is 1.44 bits per heavy atom. The highest BCUT2D eigenvalue weighted by Crippen LogP contribution is 2.42. The van der Waals surface area contributed by atoms with Crippen LogP contribution < -0.4 is 0 Å². The van der Waals surface area contributed by atoms with Gasteiger partial charge in [-0.3, -0.25) is 4.79 Å². The van der Waals surface area contributed by atoms with Crippen molar-refractivity contribution in [2.45, 2.75) is 45.4 Å². The molecule has 1 fully saturated rings. The van der Waals surface area contributed by atoms with Gasteiger partial charge in [0.15, 0.2) is 5.82 Å². The molecule has 5 nitrogen and oxygen atoms in total. The summed E-state index contributed by atoms with van der Waals surface area (Å²) in [4.78, 5) is 13.7. The molecule has 1 aliphatic carbocycles. The first-order valence-corrected chi connectivity index (χ1v) is 5.92. The molecule has 5 heteroatoms. The van der Waals surface area contributed by atoms with Crippen LogP contribution in [0.3, 0.4) is 0 Å². The first-order valence-electron chi connectivity index (χ1n) is 5.92. The predicted molar refractivity (Wildman–Crippen MR) is 58.7 cm³/mol. The third kappa shape index (κ3) is 1.99. The number of carbonyl (C=O) groups is 1. The number of aromatic nitrogens is 4. The molecule has 88 valence electrons. The van der Waals surface area contributed by atoms with E-state index in [0.717, 1.165) is 19.3 Å². The van der Waals surface area contributed by atoms with Crippen LogP contribution in [0, 0.1) is 5.41 Å². The van der Waals surface area contributed by atoms with Crippen molar-refractivity contribution in [2.75, 3.05) is 0 Å². The zero-order valence-electron chi connectivity index (χ0n) is 9.94. The van der Waals surface area contributed by atoms with Crippen molar-refractivity contribution in [3.05, 3.63) is 5.82 Å². The Morgan fingerprint density at radius 3 is 2.62 bits per heavy atom. The largest absolute Gasteiger partial charge is 0.299 e. The normalized spacial score (nSPS) is 18.9. The van der Waals surface area contributed by atoms with Crippen LogP contribution in [0.4, 0.5) is 0 Å². The van der Waals surface area contributed by atoms with E-state index in [1.807, 2.05) is 0 Å². The molecule has 0 spiro atoms. The number of tetrazole rings is 1. The number of nitrogens with zero attached hydrogens (tertiary/aromatic N) is 4. The zero-order valence-corrected chi connectivity index (χ0v) is 9.94. The maximum absolute atomic E-state index is 12.3. The minimum Gasteiger partial charge on any atom is -0.299 e. The van der Waals surface area contributed by atoms with Crippen LogP contribution in [0.15, 0.2) is 0 Å². The average Bonchev–Trinajstić information content (AvgIpc) is 2.88. The lowest BCUT2D eigenvalue weighted by atomic mass is 9.78. The van der Waals surface area contributed by atoms with Gasteiger partial charge in [0.25, 0.3) is 0 Å². The van der Waals surface area contributed by atoms with Crippen molar-refractivity contribution in [3.63, 3.8) is 0 Å². The molecule has 1 aromatic rings. The van der Waals surface area contributed by atoms with E-state index in [9.17, 15) is 4.79 Å². The third-order valence-corrected chi connectivity index (χ3v) is 3.70. The summed E-state index contributed by atoms with van der Waals surface area (Å²) in [5.74, 6) is 0.840. The molecular weight excluding hydrogens is 204 g/mol. The van der Waals surface area contributed by atoms with Gasteiger partial charge in [0, 0.05) is 5.41 Å². The van der Waals surface area contributed by atoms with E-state index in [1.54, 1.807) is 7.05 Å². The van der Waals surface area contributed by atoms with Crippen molar-refractivity contribution >= 4 is 5.78 Å². The Kier molecular flexibility index (Phi) is 3.03. The van der Waals surface area contributed by atoms with E-state index in [1.165, 1.54) is 17.6 Å². The fourth-order valence-electron chi connectivity index (χ4n) is 2.61. The molecule has 16 heavy (non-hydrogen) atoms. The van der Waals surface area contributed by atoms with Crippen molar-refractivity contribution in [3.8, 4) is 0 Å². The summed E-state index contributed by atoms with van der Waals surface area (Å²) in [7, 11) is 1.71. The lowest BCUT2D eigenvalue weighted by molar-refractivity contribution is -0.128. The minimum atomic E-state index is -0.0980. The second-order valence-corrected chi connectivity index (χ2v) is 4.64. The molecule has 1 saturated carbocycles. The molecule has 0 N–H and O–H groups in total. The lowest BCUT2D eigenvalue weighted by Gasteiger charge is -2.24. The highest BCUT2D eigenvalue weighted by molar-refractivity contribution is 5.86. The van der Waals surface area contributed by atoms with Gasteiger partial charge in [-0.25, -0.2) is 0 Å². The molecule has 1 aliphatic rings. The van der Waals surface area contributed by atoms with Crippen LogP contribution in [-0.2, 0) is 18.3 Å². The lowest BCUT2D eigenvalue weighted by Crippen LogP contribution is -2.29. The Hall–Kier alpha value is -1.26. The predicted octanol–water partition coefficient (Wildman–Crippen LogP) is 1.29. The summed E-state index contributed by atoms with van der Waals surface area (Å²) in [6.45, 7) is 2.10. The fourth-order valence-corrected chi connectivity index (χ4v) is 2.61. The van der Waals surface area contributed by atoms with E-state index >= 15 is 0 Å². The summed E-state index contributed by atoms with van der Waals surface area (Å²) in [6, 6.07) is 0. The highest BCUT2D eigenvalue weighted by Gasteiger charge is 2.39. The Morgan fingerprint density at radius 2 is 2.12 bits per heavy atom. The topological polar surface area (TPSA) is 60.7 Å². The van der Waals surface area contributed by atoms with E-state index < -0.39 is 0 Å². The van der Waals surface area contributed by atoms with Gasteiger partial charge in [-0.05, 0) is 24.5 Å². The number of Topliss-reactive ketones (excluding diaryl/α,β-unsaturated/α-hetero) is 1. The SMILES string of the molecule is CCC1(C(=O)Cc2nnn(C)n2)CCCC1. The molecule has 1 heterocycles. The second-order valence-electron chi connectivity index (χ2n) is 4.64. The van der Waals surface area contributed by atoms with Gasteiger partial charge < -0.3 is 0 Å². The Bertz CT molecular complexity index is 379. The maximum atomic E-state index is 12.3. The molecule has 0 atom stereocenters. The van der Waals surface area contributed by atoms with Crippen molar-refractivity contribution in [1.82, 2.24) is 20.2 Å². The number of aryl methyl sites for hydroxylation is 1. The standard InChI is InChI=1S/C11H18N4O/c1-3-11(6-4-5-7-11)9(16)8-10-12-14-15(2)13-10/h3-8H2,1-2H3.